The van der Waals surface area contributed by atoms with Crippen LogP contribution in [0.25, 0.3) is 0 Å². The highest BCUT2D eigenvalue weighted by molar-refractivity contribution is 5.81. The summed E-state index contributed by atoms with van der Waals surface area (Å²) in [4.78, 5) is 13.8. The summed E-state index contributed by atoms with van der Waals surface area (Å²) in [5, 5.41) is 0. The van der Waals surface area contributed by atoms with Gasteiger partial charge in [-0.05, 0) is 18.8 Å². The predicted octanol–water partition coefficient (Wildman–Crippen LogP) is 0.609. The van der Waals surface area contributed by atoms with Crippen molar-refractivity contribution in [3.8, 4) is 0 Å². The van der Waals surface area contributed by atoms with Gasteiger partial charge in [-0.3, -0.25) is 4.79 Å². The first kappa shape index (κ1) is 12.5. The lowest BCUT2D eigenvalue weighted by Gasteiger charge is -2.24. The highest BCUT2D eigenvalue weighted by Gasteiger charge is 2.22. The molecular weight excluding hydrogens is 192 g/mol. The maximum absolute atomic E-state index is 11.9. The van der Waals surface area contributed by atoms with Gasteiger partial charge in [0.15, 0.2) is 0 Å². The van der Waals surface area contributed by atoms with Gasteiger partial charge in [0, 0.05) is 19.7 Å². The van der Waals surface area contributed by atoms with E-state index in [1.165, 1.54) is 0 Å². The van der Waals surface area contributed by atoms with E-state index in [0.29, 0.717) is 19.1 Å². The second-order valence-corrected chi connectivity index (χ2v) is 4.53. The van der Waals surface area contributed by atoms with Crippen molar-refractivity contribution in [2.24, 2.45) is 11.7 Å². The molecule has 0 saturated carbocycles. The molecule has 88 valence electrons. The zero-order valence-corrected chi connectivity index (χ0v) is 9.74. The van der Waals surface area contributed by atoms with E-state index in [1.54, 1.807) is 0 Å². The fourth-order valence-corrected chi connectivity index (χ4v) is 1.81. The van der Waals surface area contributed by atoms with Crippen LogP contribution in [0.5, 0.6) is 0 Å². The monoisotopic (exact) mass is 214 g/mol. The maximum atomic E-state index is 11.9. The molecule has 1 saturated heterocycles. The normalized spacial score (nSPS) is 20.1. The van der Waals surface area contributed by atoms with Crippen molar-refractivity contribution in [3.63, 3.8) is 0 Å². The van der Waals surface area contributed by atoms with Crippen LogP contribution in [-0.4, -0.2) is 43.2 Å². The fraction of sp³-hybridized carbons (Fsp3) is 0.909. The summed E-state index contributed by atoms with van der Waals surface area (Å²) in [5.41, 5.74) is 5.87. The second-order valence-electron chi connectivity index (χ2n) is 4.53. The van der Waals surface area contributed by atoms with Crippen molar-refractivity contribution in [1.82, 2.24) is 4.90 Å². The van der Waals surface area contributed by atoms with Crippen LogP contribution < -0.4 is 5.73 Å². The van der Waals surface area contributed by atoms with Crippen LogP contribution in [0.15, 0.2) is 0 Å². The molecule has 0 bridgehead atoms. The number of amides is 1. The number of ether oxygens (including phenoxy) is 1. The Morgan fingerprint density at radius 2 is 2.13 bits per heavy atom. The van der Waals surface area contributed by atoms with Crippen molar-refractivity contribution in [3.05, 3.63) is 0 Å². The van der Waals surface area contributed by atoms with Crippen LogP contribution >= 0.6 is 0 Å². The molecule has 4 heteroatoms. The first-order valence-electron chi connectivity index (χ1n) is 5.73. The summed E-state index contributed by atoms with van der Waals surface area (Å²) >= 11 is 0. The summed E-state index contributed by atoms with van der Waals surface area (Å²) < 4.78 is 5.30. The van der Waals surface area contributed by atoms with Crippen molar-refractivity contribution < 1.29 is 9.53 Å². The molecule has 0 spiro atoms. The first-order valence-corrected chi connectivity index (χ1v) is 5.73. The van der Waals surface area contributed by atoms with Gasteiger partial charge in [-0.15, -0.1) is 0 Å². The van der Waals surface area contributed by atoms with Crippen molar-refractivity contribution >= 4 is 5.91 Å². The molecule has 0 aromatic heterocycles. The van der Waals surface area contributed by atoms with Gasteiger partial charge in [0.25, 0.3) is 0 Å². The Hall–Kier alpha value is -0.610. The number of nitrogens with zero attached hydrogens (tertiary/aromatic N) is 1. The molecule has 1 atom stereocenters. The smallest absolute Gasteiger partial charge is 0.239 e. The molecule has 1 heterocycles. The van der Waals surface area contributed by atoms with Gasteiger partial charge in [-0.25, -0.2) is 0 Å². The molecular formula is C11H22N2O2. The van der Waals surface area contributed by atoms with Gasteiger partial charge in [-0.1, -0.05) is 13.8 Å². The molecule has 0 radical (unpaired) electrons. The minimum absolute atomic E-state index is 0.0780. The highest BCUT2D eigenvalue weighted by atomic mass is 16.5. The zero-order chi connectivity index (χ0) is 11.3. The largest absolute Gasteiger partial charge is 0.380 e. The number of nitrogens with two attached hydrogens (primary N) is 1. The summed E-state index contributed by atoms with van der Waals surface area (Å²) in [6.45, 7) is 7.02. The van der Waals surface area contributed by atoms with E-state index in [9.17, 15) is 4.79 Å². The van der Waals surface area contributed by atoms with E-state index < -0.39 is 0 Å². The van der Waals surface area contributed by atoms with E-state index in [-0.39, 0.29) is 11.9 Å². The van der Waals surface area contributed by atoms with Crippen LogP contribution in [0.2, 0.25) is 0 Å². The zero-order valence-electron chi connectivity index (χ0n) is 9.74. The number of hydrogen-bond donors (Lipinski definition) is 1. The van der Waals surface area contributed by atoms with Crippen molar-refractivity contribution in [2.75, 3.05) is 26.3 Å². The Labute approximate surface area is 91.8 Å². The first-order chi connectivity index (χ1) is 7.11. The van der Waals surface area contributed by atoms with Crippen molar-refractivity contribution in [2.45, 2.75) is 32.7 Å². The van der Waals surface area contributed by atoms with Gasteiger partial charge >= 0.3 is 0 Å². The fourth-order valence-electron chi connectivity index (χ4n) is 1.81. The van der Waals surface area contributed by atoms with E-state index >= 15 is 0 Å². The van der Waals surface area contributed by atoms with Crippen molar-refractivity contribution in [1.29, 1.82) is 0 Å². The van der Waals surface area contributed by atoms with Crippen LogP contribution in [0.3, 0.4) is 0 Å². The highest BCUT2D eigenvalue weighted by Crippen LogP contribution is 2.07. The quantitative estimate of drug-likeness (QED) is 0.749. The van der Waals surface area contributed by atoms with Crippen LogP contribution in [-0.2, 0) is 9.53 Å². The molecule has 1 rings (SSSR count). The van der Waals surface area contributed by atoms with E-state index in [0.717, 1.165) is 26.0 Å². The third kappa shape index (κ3) is 4.18. The van der Waals surface area contributed by atoms with E-state index in [2.05, 4.69) is 13.8 Å². The summed E-state index contributed by atoms with van der Waals surface area (Å²) in [5.74, 6) is 0.543. The lowest BCUT2D eigenvalue weighted by molar-refractivity contribution is -0.133. The Balaban J connectivity index is 2.42. The average molecular weight is 214 g/mol. The molecule has 1 fully saturated rings. The van der Waals surface area contributed by atoms with E-state index in [4.69, 9.17) is 10.5 Å². The third-order valence-electron chi connectivity index (χ3n) is 2.58. The lowest BCUT2D eigenvalue weighted by Crippen LogP contribution is -2.45. The van der Waals surface area contributed by atoms with Crippen LogP contribution in [0.1, 0.15) is 26.7 Å². The minimum atomic E-state index is -0.344. The van der Waals surface area contributed by atoms with Gasteiger partial charge < -0.3 is 15.4 Å². The Morgan fingerprint density at radius 1 is 1.40 bits per heavy atom. The van der Waals surface area contributed by atoms with Crippen LogP contribution in [0.4, 0.5) is 0 Å². The molecule has 0 aromatic rings. The Kier molecular flexibility index (Phi) is 5.05. The SMILES string of the molecule is CC(C)C[C@@H](N)C(=O)N1CCCOCC1. The van der Waals surface area contributed by atoms with E-state index in [1.807, 2.05) is 4.90 Å². The minimum Gasteiger partial charge on any atom is -0.380 e. The predicted molar refractivity (Wildman–Crippen MR) is 59.4 cm³/mol. The molecule has 1 amide bonds. The molecule has 1 aliphatic rings. The topological polar surface area (TPSA) is 55.6 Å². The molecule has 1 aliphatic heterocycles. The molecule has 0 unspecified atom stereocenters. The summed E-state index contributed by atoms with van der Waals surface area (Å²) in [6.07, 6.45) is 1.68. The van der Waals surface area contributed by atoms with Gasteiger partial charge in [0.1, 0.15) is 0 Å². The van der Waals surface area contributed by atoms with Gasteiger partial charge in [-0.2, -0.15) is 0 Å². The standard InChI is InChI=1S/C11H22N2O2/c1-9(2)8-10(12)11(14)13-4-3-6-15-7-5-13/h9-10H,3-8,12H2,1-2H3/t10-/m1/s1. The Bertz CT molecular complexity index is 199. The summed E-state index contributed by atoms with van der Waals surface area (Å²) in [6, 6.07) is -0.344. The number of hydrogen-bond acceptors (Lipinski definition) is 3. The second kappa shape index (κ2) is 6.08. The molecule has 0 aromatic carbocycles. The number of rotatable bonds is 3. The Morgan fingerprint density at radius 3 is 2.80 bits per heavy atom. The van der Waals surface area contributed by atoms with Gasteiger partial charge in [0.05, 0.1) is 12.6 Å². The number of carbonyl (C=O) groups excluding carboxylic acids is 1. The van der Waals surface area contributed by atoms with Crippen LogP contribution in [0, 0.1) is 5.92 Å². The third-order valence-corrected chi connectivity index (χ3v) is 2.58. The molecule has 0 aliphatic carbocycles. The van der Waals surface area contributed by atoms with Gasteiger partial charge in [0.2, 0.25) is 5.91 Å². The molecule has 2 N–H and O–H groups in total. The number of carbonyl (C=O) groups is 1. The summed E-state index contributed by atoms with van der Waals surface area (Å²) in [7, 11) is 0. The lowest BCUT2D eigenvalue weighted by atomic mass is 10.0. The average Bonchev–Trinajstić information content (AvgIpc) is 2.43. The molecule has 15 heavy (non-hydrogen) atoms. The molecule has 4 nitrogen and oxygen atoms in total. The maximum Gasteiger partial charge on any atom is 0.239 e.